The molecule has 0 radical (unpaired) electrons. The highest BCUT2D eigenvalue weighted by molar-refractivity contribution is 5.92. The molecule has 5 nitrogen and oxygen atoms in total. The van der Waals surface area contributed by atoms with Crippen LogP contribution in [-0.4, -0.2) is 40.8 Å². The quantitative estimate of drug-likeness (QED) is 0.881. The van der Waals surface area contributed by atoms with Crippen LogP contribution < -0.4 is 0 Å². The molecule has 24 heavy (non-hydrogen) atoms. The van der Waals surface area contributed by atoms with E-state index < -0.39 is 0 Å². The van der Waals surface area contributed by atoms with Gasteiger partial charge in [0.1, 0.15) is 5.82 Å². The van der Waals surface area contributed by atoms with E-state index in [0.29, 0.717) is 25.3 Å². The van der Waals surface area contributed by atoms with Crippen molar-refractivity contribution < 1.29 is 13.9 Å². The number of aryl methyl sites for hydroxylation is 2. The van der Waals surface area contributed by atoms with Gasteiger partial charge in [0.15, 0.2) is 0 Å². The Morgan fingerprint density at radius 2 is 2.29 bits per heavy atom. The van der Waals surface area contributed by atoms with E-state index in [0.717, 1.165) is 17.0 Å². The number of ether oxygens (including phenoxy) is 1. The second-order valence-corrected chi connectivity index (χ2v) is 5.86. The van der Waals surface area contributed by atoms with Crippen LogP contribution in [-0.2, 0) is 9.53 Å². The average Bonchev–Trinajstić information content (AvgIpc) is 2.91. The van der Waals surface area contributed by atoms with Crippen LogP contribution in [0.2, 0.25) is 0 Å². The summed E-state index contributed by atoms with van der Waals surface area (Å²) in [5.41, 5.74) is 3.47. The van der Waals surface area contributed by atoms with Crippen LogP contribution in [0, 0.1) is 19.7 Å². The molecule has 0 spiro atoms. The number of carbonyl (C=O) groups excluding carboxylic acids is 1. The smallest absolute Gasteiger partial charge is 0.247 e. The molecule has 3 rings (SSSR count). The minimum atomic E-state index is -0.321. The minimum absolute atomic E-state index is 0.118. The number of morpholine rings is 1. The average molecular weight is 329 g/mol. The summed E-state index contributed by atoms with van der Waals surface area (Å²) in [7, 11) is 0. The zero-order valence-corrected chi connectivity index (χ0v) is 13.8. The number of rotatable bonds is 3. The Bertz CT molecular complexity index is 750. The zero-order chi connectivity index (χ0) is 17.1. The number of nitrogens with zero attached hydrogens (tertiary/aromatic N) is 2. The first-order valence-corrected chi connectivity index (χ1v) is 7.89. The number of benzene rings is 1. The lowest BCUT2D eigenvalue weighted by Gasteiger charge is -2.35. The van der Waals surface area contributed by atoms with Crippen molar-refractivity contribution in [1.29, 1.82) is 0 Å². The molecule has 1 aliphatic rings. The van der Waals surface area contributed by atoms with Gasteiger partial charge in [-0.1, -0.05) is 12.1 Å². The van der Waals surface area contributed by atoms with Crippen molar-refractivity contribution in [3.05, 3.63) is 58.7 Å². The second kappa shape index (κ2) is 6.97. The van der Waals surface area contributed by atoms with Gasteiger partial charge < -0.3 is 9.64 Å². The Kier molecular flexibility index (Phi) is 4.76. The van der Waals surface area contributed by atoms with Gasteiger partial charge in [-0.2, -0.15) is 5.10 Å². The SMILES string of the molecule is Cc1n[nH]c(C)c1C1COCCN1C(=O)C=Cc1cccc(F)c1. The maximum Gasteiger partial charge on any atom is 0.247 e. The molecular formula is C18H20FN3O2. The first-order valence-electron chi connectivity index (χ1n) is 7.89. The van der Waals surface area contributed by atoms with Crippen LogP contribution in [0.3, 0.4) is 0 Å². The third-order valence-corrected chi connectivity index (χ3v) is 4.20. The molecule has 2 heterocycles. The fourth-order valence-electron chi connectivity index (χ4n) is 3.03. The first-order chi connectivity index (χ1) is 11.6. The highest BCUT2D eigenvalue weighted by Gasteiger charge is 2.30. The summed E-state index contributed by atoms with van der Waals surface area (Å²) in [6.07, 6.45) is 3.12. The summed E-state index contributed by atoms with van der Waals surface area (Å²) in [5, 5.41) is 7.16. The third-order valence-electron chi connectivity index (χ3n) is 4.20. The summed E-state index contributed by atoms with van der Waals surface area (Å²) in [4.78, 5) is 14.4. The van der Waals surface area contributed by atoms with Crippen molar-refractivity contribution in [3.63, 3.8) is 0 Å². The molecule has 0 bridgehead atoms. The van der Waals surface area contributed by atoms with E-state index in [-0.39, 0.29) is 17.8 Å². The molecule has 6 heteroatoms. The topological polar surface area (TPSA) is 58.2 Å². The van der Waals surface area contributed by atoms with Crippen LogP contribution in [0.4, 0.5) is 4.39 Å². The minimum Gasteiger partial charge on any atom is -0.377 e. The van der Waals surface area contributed by atoms with Crippen molar-refractivity contribution in [2.24, 2.45) is 0 Å². The number of carbonyl (C=O) groups is 1. The number of amides is 1. The molecule has 1 aromatic carbocycles. The molecule has 2 aromatic rings. The number of hydrogen-bond donors (Lipinski definition) is 1. The third kappa shape index (κ3) is 3.38. The molecule has 1 aliphatic heterocycles. The normalized spacial score (nSPS) is 18.3. The Morgan fingerprint density at radius 3 is 3.00 bits per heavy atom. The second-order valence-electron chi connectivity index (χ2n) is 5.86. The van der Waals surface area contributed by atoms with Crippen molar-refractivity contribution in [2.75, 3.05) is 19.8 Å². The van der Waals surface area contributed by atoms with Crippen LogP contribution in [0.25, 0.3) is 6.08 Å². The molecule has 1 unspecified atom stereocenters. The van der Waals surface area contributed by atoms with Crippen molar-refractivity contribution in [2.45, 2.75) is 19.9 Å². The molecule has 0 saturated carbocycles. The highest BCUT2D eigenvalue weighted by Crippen LogP contribution is 2.28. The van der Waals surface area contributed by atoms with Gasteiger partial charge in [0.05, 0.1) is 24.9 Å². The number of nitrogens with one attached hydrogen (secondary N) is 1. The molecule has 1 fully saturated rings. The molecule has 126 valence electrons. The first kappa shape index (κ1) is 16.4. The molecule has 1 N–H and O–H groups in total. The van der Waals surface area contributed by atoms with Gasteiger partial charge in [-0.25, -0.2) is 4.39 Å². The van der Waals surface area contributed by atoms with E-state index in [2.05, 4.69) is 10.2 Å². The van der Waals surface area contributed by atoms with Gasteiger partial charge in [-0.05, 0) is 37.6 Å². The maximum atomic E-state index is 13.2. The van der Waals surface area contributed by atoms with Gasteiger partial charge in [-0.15, -0.1) is 0 Å². The Morgan fingerprint density at radius 1 is 1.46 bits per heavy atom. The van der Waals surface area contributed by atoms with Gasteiger partial charge in [-0.3, -0.25) is 9.89 Å². The lowest BCUT2D eigenvalue weighted by atomic mass is 10.0. The molecule has 1 amide bonds. The monoisotopic (exact) mass is 329 g/mol. The van der Waals surface area contributed by atoms with E-state index in [1.165, 1.54) is 18.2 Å². The largest absolute Gasteiger partial charge is 0.377 e. The Balaban J connectivity index is 1.81. The van der Waals surface area contributed by atoms with Crippen LogP contribution in [0.1, 0.15) is 28.6 Å². The molecule has 0 aliphatic carbocycles. The lowest BCUT2D eigenvalue weighted by Crippen LogP contribution is -2.43. The summed E-state index contributed by atoms with van der Waals surface area (Å²) >= 11 is 0. The predicted octanol–water partition coefficient (Wildman–Crippen LogP) is 2.78. The number of aromatic nitrogens is 2. The van der Waals surface area contributed by atoms with Gasteiger partial charge in [0.2, 0.25) is 5.91 Å². The Labute approximate surface area is 140 Å². The van der Waals surface area contributed by atoms with E-state index >= 15 is 0 Å². The zero-order valence-electron chi connectivity index (χ0n) is 13.8. The summed E-state index contributed by atoms with van der Waals surface area (Å²) in [6.45, 7) is 5.32. The molecule has 1 atom stereocenters. The van der Waals surface area contributed by atoms with Crippen LogP contribution in [0.5, 0.6) is 0 Å². The summed E-state index contributed by atoms with van der Waals surface area (Å²) < 4.78 is 18.8. The van der Waals surface area contributed by atoms with Gasteiger partial charge in [0.25, 0.3) is 0 Å². The number of H-pyrrole nitrogens is 1. The van der Waals surface area contributed by atoms with E-state index in [1.54, 1.807) is 23.1 Å². The Hall–Kier alpha value is -2.47. The van der Waals surface area contributed by atoms with E-state index in [9.17, 15) is 9.18 Å². The van der Waals surface area contributed by atoms with Gasteiger partial charge >= 0.3 is 0 Å². The molecule has 1 saturated heterocycles. The highest BCUT2D eigenvalue weighted by atomic mass is 19.1. The number of halogens is 1. The predicted molar refractivity (Wildman–Crippen MR) is 88.8 cm³/mol. The fraction of sp³-hybridized carbons (Fsp3) is 0.333. The van der Waals surface area contributed by atoms with Gasteiger partial charge in [0, 0.05) is 23.9 Å². The fourth-order valence-corrected chi connectivity index (χ4v) is 3.03. The van der Waals surface area contributed by atoms with E-state index in [1.807, 2.05) is 13.8 Å². The van der Waals surface area contributed by atoms with Crippen LogP contribution in [0.15, 0.2) is 30.3 Å². The summed E-state index contributed by atoms with van der Waals surface area (Å²) in [5.74, 6) is -0.439. The van der Waals surface area contributed by atoms with Crippen molar-refractivity contribution in [3.8, 4) is 0 Å². The van der Waals surface area contributed by atoms with Crippen LogP contribution >= 0.6 is 0 Å². The van der Waals surface area contributed by atoms with Crippen molar-refractivity contribution >= 4 is 12.0 Å². The summed E-state index contributed by atoms with van der Waals surface area (Å²) in [6, 6.07) is 5.98. The molecular weight excluding hydrogens is 309 g/mol. The number of aromatic amines is 1. The van der Waals surface area contributed by atoms with E-state index in [4.69, 9.17) is 4.74 Å². The van der Waals surface area contributed by atoms with Crippen molar-refractivity contribution in [1.82, 2.24) is 15.1 Å². The maximum absolute atomic E-state index is 13.2. The standard InChI is InChI=1S/C18H20FN3O2/c1-12-18(13(2)21-20-12)16-11-24-9-8-22(16)17(23)7-6-14-4-3-5-15(19)10-14/h3-7,10,16H,8-9,11H2,1-2H3,(H,20,21). The number of hydrogen-bond acceptors (Lipinski definition) is 3. The molecule has 1 aromatic heterocycles. The lowest BCUT2D eigenvalue weighted by molar-refractivity contribution is -0.134.